The summed E-state index contributed by atoms with van der Waals surface area (Å²) in [5, 5.41) is 87.2. The zero-order valence-electron chi connectivity index (χ0n) is 73.0. The minimum absolute atomic E-state index is 0.431. The molecule has 13 aromatic carbocycles. The van der Waals surface area contributed by atoms with E-state index in [1.54, 1.807) is 49.1 Å². The maximum absolute atomic E-state index is 9.84. The van der Waals surface area contributed by atoms with E-state index in [2.05, 4.69) is 178 Å². The molecule has 11 aromatic heterocycles. The van der Waals surface area contributed by atoms with E-state index in [9.17, 15) is 40.2 Å². The zero-order valence-corrected chi connectivity index (χ0v) is 73.0. The van der Waals surface area contributed by atoms with Crippen LogP contribution in [-0.4, -0.2) is 122 Å². The first kappa shape index (κ1) is 85.8. The molecule has 11 heterocycles. The highest BCUT2D eigenvalue weighted by Crippen LogP contribution is 2.41. The van der Waals surface area contributed by atoms with Gasteiger partial charge in [-0.3, -0.25) is 24.5 Å². The van der Waals surface area contributed by atoms with Gasteiger partial charge >= 0.3 is 28.5 Å². The van der Waals surface area contributed by atoms with Crippen LogP contribution in [0.15, 0.2) is 443 Å². The van der Waals surface area contributed by atoms with E-state index in [4.69, 9.17) is 15.0 Å². The monoisotopic (exact) mass is 1760 g/mol. The first-order chi connectivity index (χ1) is 66.7. The minimum Gasteiger partial charge on any atom is -0.423 e. The number of aromatic nitrogens is 11. The van der Waals surface area contributed by atoms with Crippen molar-refractivity contribution in [2.75, 3.05) is 0 Å². The number of fused-ring (bicyclic) bond motifs is 12. The third-order valence-electron chi connectivity index (χ3n) is 24.4. The van der Waals surface area contributed by atoms with Gasteiger partial charge in [0.25, 0.3) is 0 Å². The zero-order chi connectivity index (χ0) is 92.3. The SMILES string of the molecule is OB(O)c1ccc2c3ccccc3n(-c3cc(-c4ccccc4)cc(-c4ccccc4)n3)c2c1.OB(O)c1ccc2c3ccccc3n(-c3cc(-c4ccccc4)nc(-c4ccccc4)c3)c2c1.OB(O)c1ccc2c3ccccc3n(-c3cc(-c4ccccn4)cc(-c4ccccn4)c3)c2c1.OB(O)c1ccc2c3ccccc3n(-c3cc(-c4ccccn4)nc(-c4ccccn4)c3)c2c1. The van der Waals surface area contributed by atoms with E-state index >= 15 is 0 Å². The number of benzene rings is 13. The Kier molecular flexibility index (Phi) is 23.8. The smallest absolute Gasteiger partial charge is 0.423 e. The molecule has 0 aliphatic rings. The highest BCUT2D eigenvalue weighted by Gasteiger charge is 2.26. The average Bonchev–Trinajstić information content (AvgIpc) is 1.63. The van der Waals surface area contributed by atoms with Gasteiger partial charge in [0, 0.05) is 101 Å². The van der Waals surface area contributed by atoms with Gasteiger partial charge in [-0.2, -0.15) is 0 Å². The Morgan fingerprint density at radius 1 is 0.162 bits per heavy atom. The fourth-order valence-corrected chi connectivity index (χ4v) is 18.1. The van der Waals surface area contributed by atoms with Crippen LogP contribution < -0.4 is 21.9 Å². The van der Waals surface area contributed by atoms with Gasteiger partial charge in [-0.25, -0.2) is 15.0 Å². The van der Waals surface area contributed by atoms with Crippen molar-refractivity contribution >= 4 is 138 Å². The molecule has 0 aliphatic carbocycles. The Bertz CT molecular complexity index is 7280. The number of hydrogen-bond acceptors (Lipinski definition) is 15. The Labute approximate surface area is 782 Å². The second-order valence-electron chi connectivity index (χ2n) is 32.9. The number of rotatable bonds is 16. The quantitative estimate of drug-likeness (QED) is 0.0418. The summed E-state index contributed by atoms with van der Waals surface area (Å²) in [4.78, 5) is 33.1. The maximum Gasteiger partial charge on any atom is 0.488 e. The van der Waals surface area contributed by atoms with Crippen LogP contribution in [0.4, 0.5) is 0 Å². The third-order valence-corrected chi connectivity index (χ3v) is 24.4. The molecular formula is C113H81B4N11O8. The largest absolute Gasteiger partial charge is 0.488 e. The molecule has 23 heteroatoms. The molecule has 24 aromatic rings. The molecule has 0 saturated heterocycles. The highest BCUT2D eigenvalue weighted by molar-refractivity contribution is 6.60. The van der Waals surface area contributed by atoms with Gasteiger partial charge in [0.15, 0.2) is 0 Å². The number of hydrogen-bond donors (Lipinski definition) is 8. The Morgan fingerprint density at radius 2 is 0.426 bits per heavy atom. The molecule has 0 radical (unpaired) electrons. The summed E-state index contributed by atoms with van der Waals surface area (Å²) < 4.78 is 8.57. The molecule has 0 aliphatic heterocycles. The van der Waals surface area contributed by atoms with Gasteiger partial charge in [-0.05, 0) is 185 Å². The number of pyridine rings is 7. The van der Waals surface area contributed by atoms with Crippen molar-refractivity contribution in [3.8, 4) is 113 Å². The second-order valence-corrected chi connectivity index (χ2v) is 32.9. The van der Waals surface area contributed by atoms with Crippen LogP contribution >= 0.6 is 0 Å². The van der Waals surface area contributed by atoms with Gasteiger partial charge in [-0.1, -0.05) is 267 Å². The van der Waals surface area contributed by atoms with Gasteiger partial charge < -0.3 is 53.9 Å². The molecule has 0 bridgehead atoms. The molecule has 136 heavy (non-hydrogen) atoms. The normalized spacial score (nSPS) is 11.2. The molecule has 0 amide bonds. The lowest BCUT2D eigenvalue weighted by atomic mass is 9.80. The van der Waals surface area contributed by atoms with E-state index < -0.39 is 28.5 Å². The van der Waals surface area contributed by atoms with Crippen molar-refractivity contribution in [2.24, 2.45) is 0 Å². The minimum atomic E-state index is -1.55. The van der Waals surface area contributed by atoms with Crippen molar-refractivity contribution in [3.05, 3.63) is 443 Å². The molecule has 0 saturated carbocycles. The van der Waals surface area contributed by atoms with Crippen molar-refractivity contribution in [2.45, 2.75) is 0 Å². The van der Waals surface area contributed by atoms with E-state index in [0.717, 1.165) is 200 Å². The average molecular weight is 1760 g/mol. The van der Waals surface area contributed by atoms with Gasteiger partial charge in [-0.15, -0.1) is 0 Å². The van der Waals surface area contributed by atoms with Crippen molar-refractivity contribution in [1.82, 2.24) is 53.2 Å². The van der Waals surface area contributed by atoms with E-state index in [1.165, 1.54) is 0 Å². The summed E-state index contributed by atoms with van der Waals surface area (Å²) in [6, 6.07) is 138. The summed E-state index contributed by atoms with van der Waals surface area (Å²) in [5.74, 6) is 0.774. The predicted molar refractivity (Wildman–Crippen MR) is 550 cm³/mol. The van der Waals surface area contributed by atoms with Gasteiger partial charge in [0.2, 0.25) is 0 Å². The fraction of sp³-hybridized carbons (Fsp3) is 0. The van der Waals surface area contributed by atoms with Gasteiger partial charge in [0.1, 0.15) is 5.82 Å². The molecule has 648 valence electrons. The standard InChI is InChI=1S/2C29H21BN2O2.C28H20BN3O2.C27H19BN4O2/c33-30(34)23-15-16-25-24-13-7-8-14-27(24)32(28(25)19-23)29-18-22(20-9-3-1-4-10-20)17-26(31-29)21-11-5-2-6-12-21;33-30(34)22-15-16-25-24-13-7-8-14-28(24)32(29(25)17-22)23-18-26(20-9-3-1-4-10-20)31-27(19-23)21-11-5-2-6-12-21;33-29(34)21-11-12-24-23-7-1-2-10-27(23)32(28(24)18-21)22-16-19(25-8-3-5-13-30-25)15-20(17-22)26-9-4-6-14-31-26;33-28(34)18-11-12-21-20-7-1-2-10-26(20)32(27(21)15-18)19-16-24(22-8-3-5-13-29-22)31-25(17-19)23-9-4-6-14-30-23/h2*1-19,33-34H;1-18,33-34H;1-17,33-34H. The van der Waals surface area contributed by atoms with Crippen molar-refractivity contribution in [3.63, 3.8) is 0 Å². The fourth-order valence-electron chi connectivity index (χ4n) is 18.1. The first-order valence-corrected chi connectivity index (χ1v) is 44.4. The summed E-state index contributed by atoms with van der Waals surface area (Å²) in [5.41, 5.74) is 26.8. The molecule has 19 nitrogen and oxygen atoms in total. The number of nitrogens with zero attached hydrogens (tertiary/aromatic N) is 11. The van der Waals surface area contributed by atoms with Crippen molar-refractivity contribution in [1.29, 1.82) is 0 Å². The van der Waals surface area contributed by atoms with Crippen LogP contribution in [0.2, 0.25) is 0 Å². The maximum atomic E-state index is 9.84. The molecule has 0 spiro atoms. The molecule has 8 N–H and O–H groups in total. The predicted octanol–water partition coefficient (Wildman–Crippen LogP) is 19.0. The third kappa shape index (κ3) is 17.2. The molecule has 24 rings (SSSR count). The van der Waals surface area contributed by atoms with Crippen LogP contribution in [-0.2, 0) is 0 Å². The highest BCUT2D eigenvalue weighted by atomic mass is 16.4. The summed E-state index contributed by atoms with van der Waals surface area (Å²) in [6.45, 7) is 0. The van der Waals surface area contributed by atoms with Crippen molar-refractivity contribution < 1.29 is 40.2 Å². The van der Waals surface area contributed by atoms with Crippen LogP contribution in [0, 0.1) is 0 Å². The van der Waals surface area contributed by atoms with Crippen LogP contribution in [0.25, 0.3) is 200 Å². The second kappa shape index (κ2) is 37.7. The lowest BCUT2D eigenvalue weighted by Gasteiger charge is -2.13. The summed E-state index contributed by atoms with van der Waals surface area (Å²) in [6.07, 6.45) is 7.08. The Balaban J connectivity index is 0.000000108. The van der Waals surface area contributed by atoms with Crippen LogP contribution in [0.5, 0.6) is 0 Å². The van der Waals surface area contributed by atoms with Crippen LogP contribution in [0.1, 0.15) is 0 Å². The lowest BCUT2D eigenvalue weighted by molar-refractivity contribution is 0.424. The Morgan fingerprint density at radius 3 is 0.757 bits per heavy atom. The van der Waals surface area contributed by atoms with E-state index in [0.29, 0.717) is 21.9 Å². The van der Waals surface area contributed by atoms with E-state index in [1.807, 2.05) is 255 Å². The topological polar surface area (TPSA) is 272 Å². The summed E-state index contributed by atoms with van der Waals surface area (Å²) >= 11 is 0. The Hall–Kier alpha value is -17.0. The van der Waals surface area contributed by atoms with Gasteiger partial charge in [0.05, 0.1) is 107 Å². The summed E-state index contributed by atoms with van der Waals surface area (Å²) in [7, 11) is -6.17. The number of para-hydroxylation sites is 4. The van der Waals surface area contributed by atoms with E-state index in [-0.39, 0.29) is 0 Å². The molecular weight excluding hydrogens is 1680 g/mol. The first-order valence-electron chi connectivity index (χ1n) is 44.4. The molecule has 0 atom stereocenters. The molecule has 0 fully saturated rings. The van der Waals surface area contributed by atoms with Crippen LogP contribution in [0.3, 0.4) is 0 Å². The molecule has 0 unspecified atom stereocenters. The lowest BCUT2D eigenvalue weighted by Crippen LogP contribution is -2.29.